The van der Waals surface area contributed by atoms with Crippen LogP contribution in [0.1, 0.15) is 33.3 Å². The third kappa shape index (κ3) is 6.35. The van der Waals surface area contributed by atoms with E-state index in [4.69, 9.17) is 20.0 Å². The molecule has 7 heteroatoms. The number of likely N-dealkylation sites (N-methyl/N-ethyl adjacent to an activating group) is 1. The van der Waals surface area contributed by atoms with Gasteiger partial charge >= 0.3 is 5.97 Å². The Balaban J connectivity index is 2.15. The van der Waals surface area contributed by atoms with Gasteiger partial charge in [-0.2, -0.15) is 15.8 Å². The third-order valence-electron chi connectivity index (χ3n) is 5.03. The number of carbonyl (C=O) groups excluding carboxylic acids is 1. The van der Waals surface area contributed by atoms with Crippen LogP contribution in [0.2, 0.25) is 0 Å². The molecule has 0 atom stereocenters. The maximum atomic E-state index is 10.9. The summed E-state index contributed by atoms with van der Waals surface area (Å²) in [5, 5.41) is 27.8. The maximum Gasteiger partial charge on any atom is 0.302 e. The van der Waals surface area contributed by atoms with Crippen LogP contribution in [0, 0.1) is 34.0 Å². The minimum Gasteiger partial charge on any atom is -0.480 e. The van der Waals surface area contributed by atoms with Crippen molar-refractivity contribution < 1.29 is 14.3 Å². The standard InChI is InChI=1S/C26H26N4O3/c1-5-30(14-15-32-19(2)31)22-12-10-20(11-13-22)8-6-7-9-24-23(18-29)25(21(16-27)17-28)33-26(24,3)4/h6-13H,5,14-15H2,1-4H3/b8-6+,9-7+. The summed E-state index contributed by atoms with van der Waals surface area (Å²) in [5.74, 6) is -0.256. The number of hydrogen-bond acceptors (Lipinski definition) is 7. The van der Waals surface area contributed by atoms with Crippen LogP contribution in [-0.2, 0) is 14.3 Å². The van der Waals surface area contributed by atoms with Crippen molar-refractivity contribution in [2.45, 2.75) is 33.3 Å². The predicted molar refractivity (Wildman–Crippen MR) is 125 cm³/mol. The van der Waals surface area contributed by atoms with E-state index in [0.29, 0.717) is 18.7 Å². The molecule has 168 valence electrons. The van der Waals surface area contributed by atoms with Crippen LogP contribution in [0.5, 0.6) is 0 Å². The van der Waals surface area contributed by atoms with E-state index in [9.17, 15) is 10.1 Å². The molecular weight excluding hydrogens is 416 g/mol. The Labute approximate surface area is 194 Å². The summed E-state index contributed by atoms with van der Waals surface area (Å²) in [6.07, 6.45) is 7.33. The van der Waals surface area contributed by atoms with Crippen molar-refractivity contribution in [3.05, 3.63) is 70.5 Å². The maximum absolute atomic E-state index is 10.9. The van der Waals surface area contributed by atoms with Crippen molar-refractivity contribution in [1.82, 2.24) is 0 Å². The molecule has 1 aliphatic heterocycles. The Bertz CT molecular complexity index is 1120. The van der Waals surface area contributed by atoms with E-state index in [0.717, 1.165) is 17.8 Å². The number of allylic oxidation sites excluding steroid dienone is 4. The normalized spacial score (nSPS) is 14.5. The van der Waals surface area contributed by atoms with E-state index >= 15 is 0 Å². The summed E-state index contributed by atoms with van der Waals surface area (Å²) in [6.45, 7) is 8.77. The number of esters is 1. The first-order chi connectivity index (χ1) is 15.8. The Morgan fingerprint density at radius 3 is 2.30 bits per heavy atom. The number of rotatable bonds is 8. The van der Waals surface area contributed by atoms with Crippen molar-refractivity contribution >= 4 is 17.7 Å². The van der Waals surface area contributed by atoms with Crippen molar-refractivity contribution in [2.75, 3.05) is 24.6 Å². The number of benzene rings is 1. The molecule has 33 heavy (non-hydrogen) atoms. The minimum absolute atomic E-state index is 0.0286. The van der Waals surface area contributed by atoms with Gasteiger partial charge in [0.15, 0.2) is 11.3 Å². The van der Waals surface area contributed by atoms with Gasteiger partial charge in [-0.25, -0.2) is 0 Å². The first kappa shape index (κ1) is 25.0. The molecule has 0 amide bonds. The van der Waals surface area contributed by atoms with Crippen molar-refractivity contribution in [1.29, 1.82) is 15.8 Å². The molecule has 0 radical (unpaired) electrons. The largest absolute Gasteiger partial charge is 0.480 e. The van der Waals surface area contributed by atoms with Crippen LogP contribution in [0.4, 0.5) is 5.69 Å². The van der Waals surface area contributed by atoms with E-state index in [-0.39, 0.29) is 22.9 Å². The van der Waals surface area contributed by atoms with E-state index in [1.807, 2.05) is 43.3 Å². The van der Waals surface area contributed by atoms with E-state index in [1.54, 1.807) is 38.1 Å². The highest BCUT2D eigenvalue weighted by molar-refractivity contribution is 5.66. The van der Waals surface area contributed by atoms with Crippen LogP contribution < -0.4 is 4.90 Å². The fourth-order valence-corrected chi connectivity index (χ4v) is 3.37. The second-order valence-corrected chi connectivity index (χ2v) is 7.67. The van der Waals surface area contributed by atoms with Crippen LogP contribution in [-0.4, -0.2) is 31.3 Å². The first-order valence-electron chi connectivity index (χ1n) is 10.5. The molecule has 0 N–H and O–H groups in total. The molecule has 1 aromatic carbocycles. The molecule has 0 fully saturated rings. The number of anilines is 1. The van der Waals surface area contributed by atoms with Gasteiger partial charge < -0.3 is 14.4 Å². The summed E-state index contributed by atoms with van der Waals surface area (Å²) in [7, 11) is 0. The topological polar surface area (TPSA) is 110 Å². The third-order valence-corrected chi connectivity index (χ3v) is 5.03. The number of ether oxygens (including phenoxy) is 2. The fourth-order valence-electron chi connectivity index (χ4n) is 3.37. The summed E-state index contributed by atoms with van der Waals surface area (Å²) in [6, 6.07) is 13.6. The van der Waals surface area contributed by atoms with E-state index < -0.39 is 5.60 Å². The Hall–Kier alpha value is -4.28. The van der Waals surface area contributed by atoms with Crippen molar-refractivity contribution in [3.63, 3.8) is 0 Å². The smallest absolute Gasteiger partial charge is 0.302 e. The van der Waals surface area contributed by atoms with E-state index in [2.05, 4.69) is 11.0 Å². The van der Waals surface area contributed by atoms with Crippen LogP contribution in [0.3, 0.4) is 0 Å². The highest BCUT2D eigenvalue weighted by Crippen LogP contribution is 2.40. The Morgan fingerprint density at radius 1 is 1.12 bits per heavy atom. The highest BCUT2D eigenvalue weighted by atomic mass is 16.5. The van der Waals surface area contributed by atoms with Gasteiger partial charge in [-0.05, 0) is 38.5 Å². The summed E-state index contributed by atoms with van der Waals surface area (Å²) in [4.78, 5) is 13.1. The second-order valence-electron chi connectivity index (χ2n) is 7.67. The minimum atomic E-state index is -0.832. The SMILES string of the molecule is CCN(CCOC(C)=O)c1ccc(/C=C/C=C/C2=C(C#N)C(=C(C#N)C#N)OC2(C)C)cc1. The van der Waals surface area contributed by atoms with Gasteiger partial charge in [-0.3, -0.25) is 4.79 Å². The zero-order valence-corrected chi connectivity index (χ0v) is 19.3. The van der Waals surface area contributed by atoms with Gasteiger partial charge in [0.05, 0.1) is 6.54 Å². The molecule has 0 aliphatic carbocycles. The molecule has 2 rings (SSSR count). The van der Waals surface area contributed by atoms with Crippen LogP contribution >= 0.6 is 0 Å². The Kier molecular flexibility index (Phi) is 8.61. The highest BCUT2D eigenvalue weighted by Gasteiger charge is 2.38. The molecule has 1 aromatic rings. The summed E-state index contributed by atoms with van der Waals surface area (Å²) >= 11 is 0. The molecule has 0 saturated heterocycles. The van der Waals surface area contributed by atoms with Crippen LogP contribution in [0.15, 0.2) is 65.0 Å². The molecule has 0 unspecified atom stereocenters. The molecule has 0 bridgehead atoms. The Morgan fingerprint density at radius 2 is 1.76 bits per heavy atom. The molecule has 7 nitrogen and oxygen atoms in total. The monoisotopic (exact) mass is 442 g/mol. The average molecular weight is 443 g/mol. The van der Waals surface area contributed by atoms with E-state index in [1.165, 1.54) is 6.92 Å². The number of carbonyl (C=O) groups is 1. The molecule has 0 saturated carbocycles. The first-order valence-corrected chi connectivity index (χ1v) is 10.5. The van der Waals surface area contributed by atoms with Gasteiger partial charge in [0.1, 0.15) is 36.0 Å². The molecule has 1 heterocycles. The summed E-state index contributed by atoms with van der Waals surface area (Å²) < 4.78 is 10.8. The molecule has 1 aliphatic rings. The summed E-state index contributed by atoms with van der Waals surface area (Å²) in [5.41, 5.74) is 1.78. The quantitative estimate of drug-likeness (QED) is 0.329. The number of nitrogens with zero attached hydrogens (tertiary/aromatic N) is 4. The predicted octanol–water partition coefficient (Wildman–Crippen LogP) is 4.58. The lowest BCUT2D eigenvalue weighted by Gasteiger charge is -2.22. The van der Waals surface area contributed by atoms with Gasteiger partial charge in [0, 0.05) is 24.7 Å². The number of hydrogen-bond donors (Lipinski definition) is 0. The van der Waals surface area contributed by atoms with Gasteiger partial charge in [-0.1, -0.05) is 36.4 Å². The average Bonchev–Trinajstić information content (AvgIpc) is 3.05. The molecule has 0 spiro atoms. The lowest BCUT2D eigenvalue weighted by atomic mass is 9.94. The number of nitriles is 3. The van der Waals surface area contributed by atoms with Gasteiger partial charge in [0.25, 0.3) is 0 Å². The van der Waals surface area contributed by atoms with Crippen LogP contribution in [0.25, 0.3) is 6.08 Å². The van der Waals surface area contributed by atoms with Crippen molar-refractivity contribution in [2.24, 2.45) is 0 Å². The second kappa shape index (κ2) is 11.4. The fraction of sp³-hybridized carbons (Fsp3) is 0.308. The molecule has 0 aromatic heterocycles. The lowest BCUT2D eigenvalue weighted by Crippen LogP contribution is -2.27. The zero-order valence-electron chi connectivity index (χ0n) is 19.3. The van der Waals surface area contributed by atoms with Gasteiger partial charge in [-0.15, -0.1) is 0 Å². The van der Waals surface area contributed by atoms with Gasteiger partial charge in [0.2, 0.25) is 0 Å². The lowest BCUT2D eigenvalue weighted by molar-refractivity contribution is -0.140. The zero-order chi connectivity index (χ0) is 24.4. The molecular formula is C26H26N4O3. The van der Waals surface area contributed by atoms with Crippen molar-refractivity contribution in [3.8, 4) is 18.2 Å².